The van der Waals surface area contributed by atoms with Gasteiger partial charge in [0.05, 0.1) is 0 Å². The van der Waals surface area contributed by atoms with E-state index in [4.69, 9.17) is 22.4 Å². The topological polar surface area (TPSA) is 0 Å². The average molecular weight is 264 g/mol. The first-order chi connectivity index (χ1) is 3.18. The fourth-order valence-corrected chi connectivity index (χ4v) is 1.34. The summed E-state index contributed by atoms with van der Waals surface area (Å²) >= 11 is 12.1. The molecule has 0 saturated carbocycles. The highest BCUT2D eigenvalue weighted by atomic mass is 127. The van der Waals surface area contributed by atoms with Crippen molar-refractivity contribution in [3.63, 3.8) is 0 Å². The van der Waals surface area contributed by atoms with Crippen LogP contribution in [0.2, 0.25) is 6.32 Å². The first-order valence-corrected chi connectivity index (χ1v) is 6.64. The summed E-state index contributed by atoms with van der Waals surface area (Å²) in [6.45, 7) is 2.12. The summed E-state index contributed by atoms with van der Waals surface area (Å²) in [4.78, 5) is 0. The van der Waals surface area contributed by atoms with Crippen LogP contribution in [0.15, 0.2) is 0 Å². The molecular weight excluding hydrogens is 258 g/mol. The van der Waals surface area contributed by atoms with E-state index >= 15 is 0 Å². The molecule has 0 nitrogen and oxygen atoms in total. The summed E-state index contributed by atoms with van der Waals surface area (Å²) in [7, 11) is -0.508. The third kappa shape index (κ3) is 4.11. The molecule has 5 heteroatoms. The van der Waals surface area contributed by atoms with E-state index in [1.54, 1.807) is 0 Å². The zero-order chi connectivity index (χ0) is 5.86. The maximum atomic E-state index is 4.87. The third-order valence-electron chi connectivity index (χ3n) is 0.566. The molecular formula is C2H6BIS3. The number of halogens is 1. The van der Waals surface area contributed by atoms with Crippen molar-refractivity contribution in [3.8, 4) is 0 Å². The molecule has 42 valence electrons. The lowest BCUT2D eigenvalue weighted by Gasteiger charge is -1.88. The first-order valence-electron chi connectivity index (χ1n) is 1.96. The Morgan fingerprint density at radius 2 is 2.14 bits per heavy atom. The molecule has 0 rings (SSSR count). The van der Waals surface area contributed by atoms with Crippen LogP contribution < -0.4 is 0 Å². The van der Waals surface area contributed by atoms with Crippen molar-refractivity contribution in [2.75, 3.05) is 0 Å². The molecule has 0 aromatic carbocycles. The zero-order valence-electron chi connectivity index (χ0n) is 3.93. The van der Waals surface area contributed by atoms with Gasteiger partial charge in [-0.1, -0.05) is 35.6 Å². The van der Waals surface area contributed by atoms with Crippen LogP contribution in [0.25, 0.3) is 0 Å². The molecule has 0 spiro atoms. The Bertz CT molecular complexity index is 102. The van der Waals surface area contributed by atoms with Crippen molar-refractivity contribution in [3.05, 3.63) is 0 Å². The Morgan fingerprint density at radius 3 is 2.14 bits per heavy atom. The minimum Gasteiger partial charge on any atom is -0.133 e. The van der Waals surface area contributed by atoms with Crippen LogP contribution in [0.4, 0.5) is 0 Å². The monoisotopic (exact) mass is 264 g/mol. The molecule has 0 N–H and O–H groups in total. The van der Waals surface area contributed by atoms with Crippen LogP contribution >= 0.6 is 22.4 Å². The summed E-state index contributed by atoms with van der Waals surface area (Å²) < 4.78 is 0.567. The van der Waals surface area contributed by atoms with Gasteiger partial charge in [0, 0.05) is 0 Å². The smallest absolute Gasteiger partial charge is 0.133 e. The van der Waals surface area contributed by atoms with E-state index in [-0.39, 0.29) is 0 Å². The highest BCUT2D eigenvalue weighted by molar-refractivity contribution is 14.1. The quantitative estimate of drug-likeness (QED) is 0.452. The van der Waals surface area contributed by atoms with Crippen molar-refractivity contribution in [2.45, 2.75) is 13.2 Å². The Hall–Kier alpha value is 1.58. The standard InChI is InChI=1S/C2H6BIS3/c1-2-3(4)7(5)6/h7H,2H2,1H3. The maximum absolute atomic E-state index is 4.87. The molecule has 0 radical (unpaired) electrons. The summed E-state index contributed by atoms with van der Waals surface area (Å²) in [5, 5.41) is 0. The van der Waals surface area contributed by atoms with Gasteiger partial charge in [0.25, 0.3) is 3.85 Å². The first kappa shape index (κ1) is 8.58. The molecule has 0 bridgehead atoms. The fraction of sp³-hybridized carbons (Fsp3) is 1.00. The minimum absolute atomic E-state index is 0.508. The van der Waals surface area contributed by atoms with Gasteiger partial charge in [0.1, 0.15) is 0 Å². The second-order valence-electron chi connectivity index (χ2n) is 1.13. The number of rotatable bonds is 2. The minimum atomic E-state index is -0.508. The van der Waals surface area contributed by atoms with E-state index in [2.05, 4.69) is 29.3 Å². The van der Waals surface area contributed by atoms with Gasteiger partial charge in [0.15, 0.2) is 0 Å². The molecule has 0 aliphatic carbocycles. The lowest BCUT2D eigenvalue weighted by molar-refractivity contribution is 1.47. The summed E-state index contributed by atoms with van der Waals surface area (Å²) in [6, 6.07) is 0. The number of hydrogen-bond donors (Lipinski definition) is 1. The molecule has 0 atom stereocenters. The van der Waals surface area contributed by atoms with Crippen molar-refractivity contribution in [1.29, 1.82) is 0 Å². The van der Waals surface area contributed by atoms with E-state index in [1.807, 2.05) is 0 Å². The molecule has 0 heterocycles. The van der Waals surface area contributed by atoms with Gasteiger partial charge in [-0.15, -0.1) is 30.2 Å². The van der Waals surface area contributed by atoms with E-state index in [9.17, 15) is 0 Å². The molecule has 0 amide bonds. The van der Waals surface area contributed by atoms with Crippen LogP contribution in [0.3, 0.4) is 0 Å². The van der Waals surface area contributed by atoms with Gasteiger partial charge < -0.3 is 0 Å². The second-order valence-corrected chi connectivity index (χ2v) is 7.86. The van der Waals surface area contributed by atoms with Crippen molar-refractivity contribution in [2.24, 2.45) is 0 Å². The lowest BCUT2D eigenvalue weighted by atomic mass is 10.1. The van der Waals surface area contributed by atoms with Crippen molar-refractivity contribution in [1.82, 2.24) is 0 Å². The Balaban J connectivity index is 3.57. The van der Waals surface area contributed by atoms with Gasteiger partial charge in [-0.25, -0.2) is 0 Å². The predicted molar refractivity (Wildman–Crippen MR) is 53.7 cm³/mol. The molecule has 0 fully saturated rings. The van der Waals surface area contributed by atoms with Gasteiger partial charge in [-0.05, 0) is 0 Å². The van der Waals surface area contributed by atoms with E-state index in [0.29, 0.717) is 3.85 Å². The van der Waals surface area contributed by atoms with Crippen molar-refractivity contribution >= 4 is 56.5 Å². The Kier molecular flexibility index (Phi) is 5.47. The summed E-state index contributed by atoms with van der Waals surface area (Å²) in [5.74, 6) is 0. The van der Waals surface area contributed by atoms with Gasteiger partial charge in [-0.3, -0.25) is 0 Å². The molecule has 0 unspecified atom stereocenters. The lowest BCUT2D eigenvalue weighted by Crippen LogP contribution is -1.98. The van der Waals surface area contributed by atoms with Crippen LogP contribution in [-0.2, 0) is 30.2 Å². The van der Waals surface area contributed by atoms with Crippen molar-refractivity contribution < 1.29 is 0 Å². The van der Waals surface area contributed by atoms with E-state index in [1.165, 1.54) is 0 Å². The molecule has 0 aromatic heterocycles. The van der Waals surface area contributed by atoms with Gasteiger partial charge in [0.2, 0.25) is 0 Å². The van der Waals surface area contributed by atoms with Gasteiger partial charge >= 0.3 is 0 Å². The van der Waals surface area contributed by atoms with Crippen LogP contribution in [-0.4, -0.2) is 3.85 Å². The average Bonchev–Trinajstić information content (AvgIpc) is 1.65. The highest BCUT2D eigenvalue weighted by Gasteiger charge is 2.01. The molecule has 0 aliphatic heterocycles. The zero-order valence-corrected chi connectivity index (χ0v) is 8.61. The van der Waals surface area contributed by atoms with Crippen LogP contribution in [0, 0.1) is 0 Å². The second kappa shape index (κ2) is 4.46. The third-order valence-corrected chi connectivity index (χ3v) is 7.74. The molecule has 7 heavy (non-hydrogen) atoms. The highest BCUT2D eigenvalue weighted by Crippen LogP contribution is 2.00. The summed E-state index contributed by atoms with van der Waals surface area (Å²) in [5.41, 5.74) is 0. The Morgan fingerprint density at radius 1 is 1.71 bits per heavy atom. The van der Waals surface area contributed by atoms with Crippen LogP contribution in [0.5, 0.6) is 0 Å². The van der Waals surface area contributed by atoms with E-state index in [0.717, 1.165) is 6.32 Å². The molecule has 0 saturated heterocycles. The number of hydrogen-bond acceptors (Lipinski definition) is 2. The molecule has 0 aliphatic rings. The van der Waals surface area contributed by atoms with E-state index < -0.39 is 7.86 Å². The largest absolute Gasteiger partial charge is 0.291 e. The number of thiol groups is 1. The fourth-order valence-electron chi connectivity index (χ4n) is 0.149. The normalized spacial score (nSPS) is 9.57. The molecule has 0 aromatic rings. The Labute approximate surface area is 69.1 Å². The maximum Gasteiger partial charge on any atom is 0.291 e. The predicted octanol–water partition coefficient (Wildman–Crippen LogP) is 1.20. The van der Waals surface area contributed by atoms with Crippen LogP contribution in [0.1, 0.15) is 6.92 Å². The van der Waals surface area contributed by atoms with Gasteiger partial charge in [-0.2, -0.15) is 0 Å². The summed E-state index contributed by atoms with van der Waals surface area (Å²) in [6.07, 6.45) is 1.12. The SMILES string of the molecule is CCB(I)[SH](=S)=S.